The molecule has 0 aromatic carbocycles. The molecule has 2 fully saturated rings. The van der Waals surface area contributed by atoms with Crippen molar-refractivity contribution >= 4 is 23.1 Å². The predicted octanol–water partition coefficient (Wildman–Crippen LogP) is 3.33. The standard InChI is InChI=1S/C14H22N2OS2/c1-2-17-14(5-3-4-6-14)13-16-12(10-19-13)11-9-18-8-7-15-11/h10-11,15H,2-9H2,1H3. The van der Waals surface area contributed by atoms with Crippen molar-refractivity contribution in [1.29, 1.82) is 0 Å². The summed E-state index contributed by atoms with van der Waals surface area (Å²) >= 11 is 3.81. The van der Waals surface area contributed by atoms with Crippen LogP contribution in [-0.4, -0.2) is 29.6 Å². The largest absolute Gasteiger partial charge is 0.368 e. The van der Waals surface area contributed by atoms with Gasteiger partial charge in [0.1, 0.15) is 10.6 Å². The van der Waals surface area contributed by atoms with E-state index >= 15 is 0 Å². The van der Waals surface area contributed by atoms with Crippen LogP contribution in [0.1, 0.15) is 49.4 Å². The SMILES string of the molecule is CCOC1(c2nc(C3CSCCN3)cs2)CCCC1. The van der Waals surface area contributed by atoms with E-state index in [2.05, 4.69) is 17.6 Å². The lowest BCUT2D eigenvalue weighted by Crippen LogP contribution is -2.31. The summed E-state index contributed by atoms with van der Waals surface area (Å²) in [5.41, 5.74) is 1.15. The summed E-state index contributed by atoms with van der Waals surface area (Å²) in [6, 6.07) is 0.434. The fourth-order valence-electron chi connectivity index (χ4n) is 3.05. The van der Waals surface area contributed by atoms with Gasteiger partial charge in [-0.05, 0) is 19.8 Å². The molecular weight excluding hydrogens is 276 g/mol. The Morgan fingerprint density at radius 3 is 3.00 bits per heavy atom. The minimum atomic E-state index is -0.0700. The normalized spacial score (nSPS) is 26.7. The first kappa shape index (κ1) is 13.9. The van der Waals surface area contributed by atoms with E-state index in [1.54, 1.807) is 11.3 Å². The molecule has 2 heterocycles. The molecule has 1 aromatic rings. The van der Waals surface area contributed by atoms with Gasteiger partial charge in [-0.1, -0.05) is 12.8 Å². The molecule has 3 rings (SSSR count). The number of thiazole rings is 1. The van der Waals surface area contributed by atoms with Gasteiger partial charge in [0.25, 0.3) is 0 Å². The molecule has 1 aliphatic carbocycles. The van der Waals surface area contributed by atoms with Crippen molar-refractivity contribution in [3.05, 3.63) is 16.1 Å². The van der Waals surface area contributed by atoms with Gasteiger partial charge in [-0.2, -0.15) is 11.8 Å². The summed E-state index contributed by atoms with van der Waals surface area (Å²) in [6.07, 6.45) is 4.82. The molecule has 1 saturated heterocycles. The number of thioether (sulfide) groups is 1. The third-order valence-corrected chi connectivity index (χ3v) is 6.13. The fourth-order valence-corrected chi connectivity index (χ4v) is 5.09. The molecule has 19 heavy (non-hydrogen) atoms. The number of nitrogens with one attached hydrogen (secondary N) is 1. The van der Waals surface area contributed by atoms with E-state index in [0.29, 0.717) is 6.04 Å². The Morgan fingerprint density at radius 2 is 2.32 bits per heavy atom. The molecule has 0 spiro atoms. The van der Waals surface area contributed by atoms with Crippen LogP contribution in [-0.2, 0) is 10.3 Å². The summed E-state index contributed by atoms with van der Waals surface area (Å²) in [4.78, 5) is 4.92. The highest BCUT2D eigenvalue weighted by Gasteiger charge is 2.39. The Labute approximate surface area is 123 Å². The molecule has 5 heteroatoms. The Kier molecular flexibility index (Phi) is 4.47. The van der Waals surface area contributed by atoms with Gasteiger partial charge >= 0.3 is 0 Å². The highest BCUT2D eigenvalue weighted by Crippen LogP contribution is 2.43. The van der Waals surface area contributed by atoms with Gasteiger partial charge in [0.2, 0.25) is 0 Å². The first-order valence-corrected chi connectivity index (χ1v) is 9.28. The maximum atomic E-state index is 6.10. The molecule has 0 amide bonds. The number of rotatable bonds is 4. The van der Waals surface area contributed by atoms with Gasteiger partial charge in [-0.3, -0.25) is 0 Å². The van der Waals surface area contributed by atoms with E-state index in [1.165, 1.54) is 29.3 Å². The van der Waals surface area contributed by atoms with Crippen LogP contribution in [0.15, 0.2) is 5.38 Å². The van der Waals surface area contributed by atoms with Crippen LogP contribution in [0, 0.1) is 0 Å². The van der Waals surface area contributed by atoms with E-state index < -0.39 is 0 Å². The number of nitrogens with zero attached hydrogens (tertiary/aromatic N) is 1. The van der Waals surface area contributed by atoms with Gasteiger partial charge in [0.15, 0.2) is 0 Å². The van der Waals surface area contributed by atoms with Crippen molar-refractivity contribution in [3.8, 4) is 0 Å². The Morgan fingerprint density at radius 1 is 1.47 bits per heavy atom. The van der Waals surface area contributed by atoms with Crippen LogP contribution in [0.2, 0.25) is 0 Å². The summed E-state index contributed by atoms with van der Waals surface area (Å²) in [6.45, 7) is 3.97. The lowest BCUT2D eigenvalue weighted by atomic mass is 10.0. The summed E-state index contributed by atoms with van der Waals surface area (Å²) in [7, 11) is 0. The molecule has 2 aliphatic rings. The topological polar surface area (TPSA) is 34.1 Å². The second kappa shape index (κ2) is 6.12. The number of aromatic nitrogens is 1. The van der Waals surface area contributed by atoms with E-state index in [-0.39, 0.29) is 5.60 Å². The average molecular weight is 298 g/mol. The average Bonchev–Trinajstić information content (AvgIpc) is 3.09. The van der Waals surface area contributed by atoms with Gasteiger partial charge in [0, 0.05) is 30.0 Å². The second-order valence-corrected chi connectivity index (χ2v) is 7.30. The Hall–Kier alpha value is -0.100. The molecule has 1 unspecified atom stereocenters. The third-order valence-electron chi connectivity index (χ3n) is 4.02. The second-order valence-electron chi connectivity index (χ2n) is 5.29. The minimum absolute atomic E-state index is 0.0700. The van der Waals surface area contributed by atoms with Crippen LogP contribution in [0.4, 0.5) is 0 Å². The van der Waals surface area contributed by atoms with Crippen LogP contribution >= 0.6 is 23.1 Å². The van der Waals surface area contributed by atoms with E-state index in [4.69, 9.17) is 9.72 Å². The zero-order valence-corrected chi connectivity index (χ0v) is 13.1. The smallest absolute Gasteiger partial charge is 0.125 e. The van der Waals surface area contributed by atoms with Crippen LogP contribution in [0.25, 0.3) is 0 Å². The first-order valence-electron chi connectivity index (χ1n) is 7.25. The zero-order chi connectivity index (χ0) is 13.1. The third kappa shape index (κ3) is 2.84. The van der Waals surface area contributed by atoms with Crippen molar-refractivity contribution in [2.45, 2.75) is 44.2 Å². The van der Waals surface area contributed by atoms with E-state index in [9.17, 15) is 0 Å². The monoisotopic (exact) mass is 298 g/mol. The summed E-state index contributed by atoms with van der Waals surface area (Å²) in [5.74, 6) is 2.36. The lowest BCUT2D eigenvalue weighted by molar-refractivity contribution is -0.0392. The number of hydrogen-bond donors (Lipinski definition) is 1. The summed E-state index contributed by atoms with van der Waals surface area (Å²) in [5, 5.41) is 7.01. The fraction of sp³-hybridized carbons (Fsp3) is 0.786. The minimum Gasteiger partial charge on any atom is -0.368 e. The Balaban J connectivity index is 1.79. The highest BCUT2D eigenvalue weighted by atomic mass is 32.2. The van der Waals surface area contributed by atoms with Crippen molar-refractivity contribution in [1.82, 2.24) is 10.3 Å². The van der Waals surface area contributed by atoms with Gasteiger partial charge in [-0.25, -0.2) is 4.98 Å². The van der Waals surface area contributed by atoms with Gasteiger partial charge in [0.05, 0.1) is 11.7 Å². The summed E-state index contributed by atoms with van der Waals surface area (Å²) < 4.78 is 6.10. The van der Waals surface area contributed by atoms with Gasteiger partial charge < -0.3 is 10.1 Å². The molecule has 1 aromatic heterocycles. The maximum Gasteiger partial charge on any atom is 0.125 e. The molecule has 0 bridgehead atoms. The van der Waals surface area contributed by atoms with E-state index in [0.717, 1.165) is 31.7 Å². The Bertz CT molecular complexity index is 409. The first-order chi connectivity index (χ1) is 9.34. The quantitative estimate of drug-likeness (QED) is 0.924. The molecular formula is C14H22N2OS2. The predicted molar refractivity (Wildman–Crippen MR) is 82.0 cm³/mol. The molecule has 106 valence electrons. The lowest BCUT2D eigenvalue weighted by Gasteiger charge is -2.26. The molecule has 1 atom stereocenters. The van der Waals surface area contributed by atoms with Crippen molar-refractivity contribution in [2.75, 3.05) is 24.7 Å². The number of ether oxygens (including phenoxy) is 1. The molecule has 3 nitrogen and oxygen atoms in total. The number of hydrogen-bond acceptors (Lipinski definition) is 5. The van der Waals surface area contributed by atoms with Gasteiger partial charge in [-0.15, -0.1) is 11.3 Å². The van der Waals surface area contributed by atoms with Crippen molar-refractivity contribution in [3.63, 3.8) is 0 Å². The molecule has 1 saturated carbocycles. The van der Waals surface area contributed by atoms with Crippen LogP contribution < -0.4 is 5.32 Å². The molecule has 1 aliphatic heterocycles. The zero-order valence-electron chi connectivity index (χ0n) is 11.5. The van der Waals surface area contributed by atoms with Crippen LogP contribution in [0.5, 0.6) is 0 Å². The van der Waals surface area contributed by atoms with E-state index in [1.807, 2.05) is 11.8 Å². The molecule has 1 N–H and O–H groups in total. The highest BCUT2D eigenvalue weighted by molar-refractivity contribution is 7.99. The van der Waals surface area contributed by atoms with Crippen molar-refractivity contribution in [2.24, 2.45) is 0 Å². The van der Waals surface area contributed by atoms with Crippen LogP contribution in [0.3, 0.4) is 0 Å². The van der Waals surface area contributed by atoms with Crippen molar-refractivity contribution < 1.29 is 4.74 Å². The molecule has 0 radical (unpaired) electrons. The maximum absolute atomic E-state index is 6.10.